The van der Waals surface area contributed by atoms with Gasteiger partial charge in [0.25, 0.3) is 0 Å². The molecule has 0 radical (unpaired) electrons. The number of nitrogens with zero attached hydrogens (tertiary/aromatic N) is 3. The van der Waals surface area contributed by atoms with E-state index in [4.69, 9.17) is 4.42 Å². The Kier molecular flexibility index (Phi) is 2.66. The lowest BCUT2D eigenvalue weighted by molar-refractivity contribution is 0.383. The summed E-state index contributed by atoms with van der Waals surface area (Å²) in [6, 6.07) is 7.16. The molecule has 0 fully saturated rings. The SMILES string of the molecule is Cc1cc2c(cc1N1C=CN(C)[C@@H]1C)oc1nc(F)ccc12. The monoisotopic (exact) mass is 297 g/mol. The van der Waals surface area contributed by atoms with Gasteiger partial charge < -0.3 is 14.2 Å². The van der Waals surface area contributed by atoms with Crippen LogP contribution in [-0.2, 0) is 0 Å². The quantitative estimate of drug-likeness (QED) is 0.636. The first-order valence-corrected chi connectivity index (χ1v) is 7.22. The first kappa shape index (κ1) is 13.1. The van der Waals surface area contributed by atoms with Gasteiger partial charge in [-0.15, -0.1) is 0 Å². The van der Waals surface area contributed by atoms with Crippen molar-refractivity contribution in [3.63, 3.8) is 0 Å². The van der Waals surface area contributed by atoms with Crippen molar-refractivity contribution in [1.82, 2.24) is 9.88 Å². The Morgan fingerprint density at radius 3 is 2.73 bits per heavy atom. The fourth-order valence-corrected chi connectivity index (χ4v) is 2.96. The van der Waals surface area contributed by atoms with Crippen LogP contribution >= 0.6 is 0 Å². The Hall–Kier alpha value is -2.56. The van der Waals surface area contributed by atoms with Crippen LogP contribution in [0.1, 0.15) is 12.5 Å². The average molecular weight is 297 g/mol. The molecule has 4 nitrogen and oxygen atoms in total. The van der Waals surface area contributed by atoms with Gasteiger partial charge in [-0.2, -0.15) is 9.37 Å². The number of pyridine rings is 1. The van der Waals surface area contributed by atoms with Gasteiger partial charge in [-0.1, -0.05) is 0 Å². The molecule has 22 heavy (non-hydrogen) atoms. The maximum Gasteiger partial charge on any atom is 0.229 e. The van der Waals surface area contributed by atoms with Crippen LogP contribution in [0.2, 0.25) is 0 Å². The van der Waals surface area contributed by atoms with Crippen molar-refractivity contribution in [2.75, 3.05) is 11.9 Å². The molecule has 0 unspecified atom stereocenters. The predicted octanol–water partition coefficient (Wildman–Crippen LogP) is 4.00. The molecule has 0 bridgehead atoms. The van der Waals surface area contributed by atoms with Crippen molar-refractivity contribution in [3.8, 4) is 0 Å². The van der Waals surface area contributed by atoms with E-state index in [1.165, 1.54) is 6.07 Å². The van der Waals surface area contributed by atoms with Gasteiger partial charge in [-0.05, 0) is 37.6 Å². The molecular weight excluding hydrogens is 281 g/mol. The third-order valence-corrected chi connectivity index (χ3v) is 4.35. The molecular formula is C17H16FN3O. The van der Waals surface area contributed by atoms with Crippen molar-refractivity contribution in [3.05, 3.63) is 48.2 Å². The Morgan fingerprint density at radius 2 is 2.00 bits per heavy atom. The van der Waals surface area contributed by atoms with Crippen LogP contribution in [0.15, 0.2) is 41.1 Å². The molecule has 3 heterocycles. The van der Waals surface area contributed by atoms with E-state index >= 15 is 0 Å². The Bertz CT molecular complexity index is 915. The Labute approximate surface area is 127 Å². The molecule has 1 aliphatic heterocycles. The van der Waals surface area contributed by atoms with Crippen molar-refractivity contribution in [1.29, 1.82) is 0 Å². The van der Waals surface area contributed by atoms with Crippen LogP contribution in [0, 0.1) is 12.9 Å². The number of furan rings is 1. The van der Waals surface area contributed by atoms with Gasteiger partial charge in [0.05, 0.1) is 0 Å². The number of aromatic nitrogens is 1. The van der Waals surface area contributed by atoms with Gasteiger partial charge in [-0.3, -0.25) is 0 Å². The van der Waals surface area contributed by atoms with Gasteiger partial charge in [0.2, 0.25) is 11.7 Å². The lowest BCUT2D eigenvalue weighted by Crippen LogP contribution is -2.33. The second kappa shape index (κ2) is 4.47. The zero-order valence-electron chi connectivity index (χ0n) is 12.7. The summed E-state index contributed by atoms with van der Waals surface area (Å²) in [5, 5.41) is 1.81. The minimum absolute atomic E-state index is 0.246. The molecule has 0 saturated heterocycles. The molecule has 112 valence electrons. The van der Waals surface area contributed by atoms with E-state index < -0.39 is 5.95 Å². The molecule has 0 N–H and O–H groups in total. The first-order valence-electron chi connectivity index (χ1n) is 7.22. The molecule has 1 atom stereocenters. The van der Waals surface area contributed by atoms with Gasteiger partial charge in [0.1, 0.15) is 11.7 Å². The number of benzene rings is 1. The lowest BCUT2D eigenvalue weighted by atomic mass is 10.1. The number of aryl methyl sites for hydroxylation is 1. The fraction of sp³-hybridized carbons (Fsp3) is 0.235. The van der Waals surface area contributed by atoms with Crippen molar-refractivity contribution >= 4 is 27.8 Å². The van der Waals surface area contributed by atoms with Crippen molar-refractivity contribution in [2.45, 2.75) is 20.0 Å². The van der Waals surface area contributed by atoms with E-state index in [9.17, 15) is 4.39 Å². The molecule has 0 aliphatic carbocycles. The van der Waals surface area contributed by atoms with Crippen molar-refractivity contribution < 1.29 is 8.81 Å². The van der Waals surface area contributed by atoms with Crippen molar-refractivity contribution in [2.24, 2.45) is 0 Å². The summed E-state index contributed by atoms with van der Waals surface area (Å²) in [7, 11) is 2.04. The Morgan fingerprint density at radius 1 is 1.18 bits per heavy atom. The molecule has 3 aromatic rings. The summed E-state index contributed by atoms with van der Waals surface area (Å²) in [5.41, 5.74) is 3.30. The normalized spacial score (nSPS) is 18.1. The summed E-state index contributed by atoms with van der Waals surface area (Å²) in [6.45, 7) is 4.21. The van der Waals surface area contributed by atoms with E-state index in [2.05, 4.69) is 40.9 Å². The summed E-state index contributed by atoms with van der Waals surface area (Å²) >= 11 is 0. The molecule has 4 rings (SSSR count). The van der Waals surface area contributed by atoms with E-state index in [-0.39, 0.29) is 6.17 Å². The summed E-state index contributed by atoms with van der Waals surface area (Å²) in [6.07, 6.45) is 4.35. The average Bonchev–Trinajstić information content (AvgIpc) is 2.99. The van der Waals surface area contributed by atoms with Crippen LogP contribution in [0.5, 0.6) is 0 Å². The minimum Gasteiger partial charge on any atom is -0.438 e. The summed E-state index contributed by atoms with van der Waals surface area (Å²) in [4.78, 5) is 8.16. The van der Waals surface area contributed by atoms with Gasteiger partial charge in [0.15, 0.2) is 0 Å². The molecule has 1 aliphatic rings. The highest BCUT2D eigenvalue weighted by molar-refractivity contribution is 6.05. The number of anilines is 1. The maximum absolute atomic E-state index is 13.3. The van der Waals surface area contributed by atoms with Crippen LogP contribution in [0.4, 0.5) is 10.1 Å². The molecule has 5 heteroatoms. The van der Waals surface area contributed by atoms with Crippen LogP contribution in [0.25, 0.3) is 22.1 Å². The molecule has 0 spiro atoms. The third kappa shape index (κ3) is 1.78. The van der Waals surface area contributed by atoms with Crippen LogP contribution in [-0.4, -0.2) is 23.1 Å². The zero-order chi connectivity index (χ0) is 15.4. The van der Waals surface area contributed by atoms with Gasteiger partial charge >= 0.3 is 0 Å². The van der Waals surface area contributed by atoms with Crippen LogP contribution in [0.3, 0.4) is 0 Å². The molecule has 1 aromatic carbocycles. The minimum atomic E-state index is -0.527. The summed E-state index contributed by atoms with van der Waals surface area (Å²) in [5.74, 6) is -0.527. The standard InChI is InChI=1S/C17H16FN3O/c1-10-8-13-12-4-5-16(18)19-17(12)22-15(13)9-14(10)21-7-6-20(3)11(21)2/h4-9,11H,1-3H3/t11-/m0/s1. The number of halogens is 1. The number of hydrogen-bond donors (Lipinski definition) is 0. The number of hydrogen-bond acceptors (Lipinski definition) is 4. The van der Waals surface area contributed by atoms with Crippen LogP contribution < -0.4 is 4.90 Å². The molecule has 2 aromatic heterocycles. The van der Waals surface area contributed by atoms with E-state index in [0.29, 0.717) is 5.71 Å². The lowest BCUT2D eigenvalue weighted by Gasteiger charge is -2.28. The third-order valence-electron chi connectivity index (χ3n) is 4.35. The van der Waals surface area contributed by atoms with Gasteiger partial charge in [-0.25, -0.2) is 0 Å². The molecule has 0 saturated carbocycles. The largest absolute Gasteiger partial charge is 0.438 e. The highest BCUT2D eigenvalue weighted by atomic mass is 19.1. The van der Waals surface area contributed by atoms with Gasteiger partial charge in [0, 0.05) is 42.0 Å². The smallest absolute Gasteiger partial charge is 0.229 e. The second-order valence-electron chi connectivity index (χ2n) is 5.73. The highest BCUT2D eigenvalue weighted by Crippen LogP contribution is 2.35. The maximum atomic E-state index is 13.3. The first-order chi connectivity index (χ1) is 10.5. The van der Waals surface area contributed by atoms with E-state index in [1.807, 2.05) is 19.3 Å². The fourth-order valence-electron chi connectivity index (χ4n) is 2.96. The topological polar surface area (TPSA) is 32.5 Å². The molecule has 0 amide bonds. The number of fused-ring (bicyclic) bond motifs is 3. The zero-order valence-corrected chi connectivity index (χ0v) is 12.7. The second-order valence-corrected chi connectivity index (χ2v) is 5.73. The number of rotatable bonds is 1. The highest BCUT2D eigenvalue weighted by Gasteiger charge is 2.22. The van der Waals surface area contributed by atoms with E-state index in [1.54, 1.807) is 6.07 Å². The Balaban J connectivity index is 1.93. The van der Waals surface area contributed by atoms with E-state index in [0.717, 1.165) is 27.6 Å². The summed E-state index contributed by atoms with van der Waals surface area (Å²) < 4.78 is 19.0. The predicted molar refractivity (Wildman–Crippen MR) is 85.1 cm³/mol.